The normalized spacial score (nSPS) is 13.7. The topological polar surface area (TPSA) is 52.7 Å². The molecule has 0 spiro atoms. The molecular weight excluding hydrogens is 345 g/mol. The lowest BCUT2D eigenvalue weighted by Crippen LogP contribution is -2.28. The van der Waals surface area contributed by atoms with Gasteiger partial charge in [-0.2, -0.15) is 0 Å². The van der Waals surface area contributed by atoms with Crippen LogP contribution in [0.25, 0.3) is 0 Å². The average molecular weight is 369 g/mol. The second-order valence-corrected chi connectivity index (χ2v) is 6.68. The summed E-state index contributed by atoms with van der Waals surface area (Å²) in [6.45, 7) is 1.88. The van der Waals surface area contributed by atoms with Gasteiger partial charge < -0.3 is 15.1 Å². The van der Waals surface area contributed by atoms with E-state index in [0.717, 1.165) is 18.7 Å². The number of benzene rings is 2. The van der Waals surface area contributed by atoms with Crippen LogP contribution in [0.1, 0.15) is 29.6 Å². The first kappa shape index (κ1) is 18.9. The van der Waals surface area contributed by atoms with Crippen LogP contribution >= 0.6 is 0 Å². The van der Waals surface area contributed by atoms with E-state index in [-0.39, 0.29) is 17.6 Å². The molecule has 1 aliphatic heterocycles. The van der Waals surface area contributed by atoms with Crippen molar-refractivity contribution in [1.29, 1.82) is 0 Å². The van der Waals surface area contributed by atoms with Crippen molar-refractivity contribution in [1.82, 2.24) is 5.32 Å². The van der Waals surface area contributed by atoms with Gasteiger partial charge in [0.1, 0.15) is 5.82 Å². The molecule has 2 aromatic rings. The van der Waals surface area contributed by atoms with Gasteiger partial charge in [-0.25, -0.2) is 4.39 Å². The zero-order valence-corrected chi connectivity index (χ0v) is 15.5. The zero-order valence-electron chi connectivity index (χ0n) is 15.5. The molecule has 1 heterocycles. The summed E-state index contributed by atoms with van der Waals surface area (Å²) in [6.07, 6.45) is 2.17. The van der Waals surface area contributed by atoms with Crippen LogP contribution in [0.2, 0.25) is 0 Å². The van der Waals surface area contributed by atoms with Crippen LogP contribution in [0.4, 0.5) is 15.8 Å². The number of amides is 2. The molecular formula is C21H24FN3O2. The summed E-state index contributed by atoms with van der Waals surface area (Å²) in [5, 5.41) is 2.88. The lowest BCUT2D eigenvalue weighted by molar-refractivity contribution is -0.117. The first-order valence-electron chi connectivity index (χ1n) is 9.20. The van der Waals surface area contributed by atoms with Crippen LogP contribution in [0.3, 0.4) is 0 Å². The third-order valence-corrected chi connectivity index (χ3v) is 4.73. The van der Waals surface area contributed by atoms with E-state index in [0.29, 0.717) is 37.2 Å². The summed E-state index contributed by atoms with van der Waals surface area (Å²) < 4.78 is 13.7. The molecule has 6 heteroatoms. The van der Waals surface area contributed by atoms with Gasteiger partial charge in [-0.3, -0.25) is 9.59 Å². The molecule has 5 nitrogen and oxygen atoms in total. The Morgan fingerprint density at radius 1 is 1.19 bits per heavy atom. The van der Waals surface area contributed by atoms with Crippen LogP contribution in [0.15, 0.2) is 48.5 Å². The number of para-hydroxylation sites is 1. The highest BCUT2D eigenvalue weighted by molar-refractivity contribution is 5.97. The quantitative estimate of drug-likeness (QED) is 0.763. The molecule has 0 bridgehead atoms. The maximum absolute atomic E-state index is 13.7. The Hall–Kier alpha value is -2.89. The fraction of sp³-hybridized carbons (Fsp3) is 0.333. The van der Waals surface area contributed by atoms with Gasteiger partial charge in [0.05, 0.1) is 5.69 Å². The standard InChI is InChI=1S/C21H24FN3O2/c1-24(19-7-3-2-6-18(19)22)14-5-13-23-21(27)16-9-11-17(12-10-16)25-15-4-8-20(25)26/h2-3,6-7,9-12H,4-5,8,13-15H2,1H3,(H,23,27). The lowest BCUT2D eigenvalue weighted by Gasteiger charge is -2.20. The van der Waals surface area contributed by atoms with Gasteiger partial charge in [0.25, 0.3) is 5.91 Å². The maximum Gasteiger partial charge on any atom is 0.251 e. The molecule has 1 aliphatic rings. The van der Waals surface area contributed by atoms with Gasteiger partial charge >= 0.3 is 0 Å². The SMILES string of the molecule is CN(CCCNC(=O)c1ccc(N2CCCC2=O)cc1)c1ccccc1F. The molecule has 3 rings (SSSR count). The fourth-order valence-corrected chi connectivity index (χ4v) is 3.22. The summed E-state index contributed by atoms with van der Waals surface area (Å²) in [7, 11) is 1.83. The van der Waals surface area contributed by atoms with E-state index in [9.17, 15) is 14.0 Å². The summed E-state index contributed by atoms with van der Waals surface area (Å²) in [6, 6.07) is 13.7. The monoisotopic (exact) mass is 369 g/mol. The number of halogens is 1. The molecule has 1 N–H and O–H groups in total. The van der Waals surface area contributed by atoms with Crippen LogP contribution < -0.4 is 15.1 Å². The second kappa shape index (κ2) is 8.66. The molecule has 0 saturated carbocycles. The first-order chi connectivity index (χ1) is 13.1. The predicted molar refractivity (Wildman–Crippen MR) is 105 cm³/mol. The van der Waals surface area contributed by atoms with Crippen molar-refractivity contribution in [3.63, 3.8) is 0 Å². The summed E-state index contributed by atoms with van der Waals surface area (Å²) in [4.78, 5) is 27.6. The molecule has 0 unspecified atom stereocenters. The number of rotatable bonds is 7. The number of anilines is 2. The third kappa shape index (κ3) is 4.64. The van der Waals surface area contributed by atoms with Crippen LogP contribution in [0.5, 0.6) is 0 Å². The second-order valence-electron chi connectivity index (χ2n) is 6.68. The molecule has 27 heavy (non-hydrogen) atoms. The van der Waals surface area contributed by atoms with E-state index >= 15 is 0 Å². The molecule has 1 saturated heterocycles. The molecule has 0 aromatic heterocycles. The van der Waals surface area contributed by atoms with Gasteiger partial charge in [-0.05, 0) is 49.2 Å². The van der Waals surface area contributed by atoms with Crippen LogP contribution in [-0.2, 0) is 4.79 Å². The van der Waals surface area contributed by atoms with Gasteiger partial charge in [-0.1, -0.05) is 12.1 Å². The first-order valence-corrected chi connectivity index (χ1v) is 9.20. The Kier molecular flexibility index (Phi) is 6.06. The number of hydrogen-bond acceptors (Lipinski definition) is 3. The fourth-order valence-electron chi connectivity index (χ4n) is 3.22. The van der Waals surface area contributed by atoms with E-state index in [1.54, 1.807) is 35.2 Å². The summed E-state index contributed by atoms with van der Waals surface area (Å²) >= 11 is 0. The Balaban J connectivity index is 1.45. The van der Waals surface area contributed by atoms with Crippen molar-refractivity contribution >= 4 is 23.2 Å². The zero-order chi connectivity index (χ0) is 19.2. The van der Waals surface area contributed by atoms with Crippen LogP contribution in [0, 0.1) is 5.82 Å². The van der Waals surface area contributed by atoms with E-state index in [2.05, 4.69) is 5.32 Å². The Morgan fingerprint density at radius 2 is 1.93 bits per heavy atom. The van der Waals surface area contributed by atoms with E-state index in [1.165, 1.54) is 6.07 Å². The number of nitrogens with zero attached hydrogens (tertiary/aromatic N) is 2. The van der Waals surface area contributed by atoms with Gasteiger partial charge in [0.2, 0.25) is 5.91 Å². The van der Waals surface area contributed by atoms with Crippen molar-refractivity contribution in [2.45, 2.75) is 19.3 Å². The number of hydrogen-bond donors (Lipinski definition) is 1. The molecule has 142 valence electrons. The Labute approximate surface area is 158 Å². The van der Waals surface area contributed by atoms with Crippen molar-refractivity contribution in [2.24, 2.45) is 0 Å². The van der Waals surface area contributed by atoms with E-state index in [4.69, 9.17) is 0 Å². The minimum atomic E-state index is -0.249. The van der Waals surface area contributed by atoms with Crippen molar-refractivity contribution in [3.05, 3.63) is 59.9 Å². The molecule has 1 fully saturated rings. The average Bonchev–Trinajstić information content (AvgIpc) is 3.11. The summed E-state index contributed by atoms with van der Waals surface area (Å²) in [5.74, 6) is -0.269. The van der Waals surface area contributed by atoms with E-state index < -0.39 is 0 Å². The van der Waals surface area contributed by atoms with Crippen molar-refractivity contribution < 1.29 is 14.0 Å². The Morgan fingerprint density at radius 3 is 2.59 bits per heavy atom. The maximum atomic E-state index is 13.7. The van der Waals surface area contributed by atoms with Crippen LogP contribution in [-0.4, -0.2) is 38.5 Å². The third-order valence-electron chi connectivity index (χ3n) is 4.73. The predicted octanol–water partition coefficient (Wildman–Crippen LogP) is 3.21. The lowest BCUT2D eigenvalue weighted by atomic mass is 10.2. The minimum Gasteiger partial charge on any atom is -0.372 e. The van der Waals surface area contributed by atoms with Gasteiger partial charge in [0.15, 0.2) is 0 Å². The van der Waals surface area contributed by atoms with Gasteiger partial charge in [-0.15, -0.1) is 0 Å². The van der Waals surface area contributed by atoms with Crippen molar-refractivity contribution in [2.75, 3.05) is 36.5 Å². The van der Waals surface area contributed by atoms with E-state index in [1.807, 2.05) is 24.1 Å². The van der Waals surface area contributed by atoms with Gasteiger partial charge in [0, 0.05) is 44.4 Å². The highest BCUT2D eigenvalue weighted by Gasteiger charge is 2.21. The molecule has 0 radical (unpaired) electrons. The molecule has 0 atom stereocenters. The van der Waals surface area contributed by atoms with Crippen molar-refractivity contribution in [3.8, 4) is 0 Å². The number of carbonyl (C=O) groups excluding carboxylic acids is 2. The highest BCUT2D eigenvalue weighted by Crippen LogP contribution is 2.21. The minimum absolute atomic E-state index is 0.131. The molecule has 2 aromatic carbocycles. The number of carbonyl (C=O) groups is 2. The largest absolute Gasteiger partial charge is 0.372 e. The smallest absolute Gasteiger partial charge is 0.251 e. The summed E-state index contributed by atoms with van der Waals surface area (Å²) in [5.41, 5.74) is 1.95. The molecule has 2 amide bonds. The number of nitrogens with one attached hydrogen (secondary N) is 1. The highest BCUT2D eigenvalue weighted by atomic mass is 19.1. The molecule has 0 aliphatic carbocycles. The Bertz CT molecular complexity index is 807.